The Kier molecular flexibility index (Phi) is 14.9. The van der Waals surface area contributed by atoms with Gasteiger partial charge < -0.3 is 25.0 Å². The molecular weight excluding hydrogens is 505 g/mol. The van der Waals surface area contributed by atoms with Crippen LogP contribution in [0.1, 0.15) is 24.8 Å². The summed E-state index contributed by atoms with van der Waals surface area (Å²) < 4.78 is 10.3. The Labute approximate surface area is 206 Å². The zero-order valence-electron chi connectivity index (χ0n) is 19.7. The number of nitrogens with one attached hydrogen (secondary N) is 2. The van der Waals surface area contributed by atoms with Crippen LogP contribution in [0.15, 0.2) is 29.3 Å². The van der Waals surface area contributed by atoms with Gasteiger partial charge in [0.05, 0.1) is 7.11 Å². The maximum atomic E-state index is 5.24. The molecule has 31 heavy (non-hydrogen) atoms. The number of likely N-dealkylation sites (N-methyl/N-ethyl adjacent to an activating group) is 1. The molecule has 178 valence electrons. The van der Waals surface area contributed by atoms with Crippen LogP contribution >= 0.6 is 24.0 Å². The maximum Gasteiger partial charge on any atom is 0.191 e. The molecule has 1 saturated heterocycles. The molecule has 1 aliphatic heterocycles. The zero-order valence-corrected chi connectivity index (χ0v) is 22.1. The molecule has 0 unspecified atom stereocenters. The van der Waals surface area contributed by atoms with Gasteiger partial charge in [-0.25, -0.2) is 0 Å². The number of piperidine rings is 1. The Morgan fingerprint density at radius 1 is 1.13 bits per heavy atom. The van der Waals surface area contributed by atoms with E-state index in [0.717, 1.165) is 70.6 Å². The fourth-order valence-corrected chi connectivity index (χ4v) is 3.76. The second-order valence-electron chi connectivity index (χ2n) is 8.10. The lowest BCUT2D eigenvalue weighted by Gasteiger charge is -2.32. The highest BCUT2D eigenvalue weighted by atomic mass is 127. The lowest BCUT2D eigenvalue weighted by atomic mass is 9.96. The van der Waals surface area contributed by atoms with E-state index in [0.29, 0.717) is 5.92 Å². The number of likely N-dealkylation sites (tertiary alicyclic amines) is 1. The van der Waals surface area contributed by atoms with Crippen LogP contribution in [-0.4, -0.2) is 89.9 Å². The van der Waals surface area contributed by atoms with Crippen LogP contribution in [0.2, 0.25) is 0 Å². The van der Waals surface area contributed by atoms with Crippen LogP contribution in [0.3, 0.4) is 0 Å². The molecule has 0 saturated carbocycles. The fraction of sp³-hybridized carbons (Fsp3) is 0.696. The van der Waals surface area contributed by atoms with Gasteiger partial charge >= 0.3 is 0 Å². The third kappa shape index (κ3) is 11.4. The van der Waals surface area contributed by atoms with Gasteiger partial charge in [-0.3, -0.25) is 9.89 Å². The summed E-state index contributed by atoms with van der Waals surface area (Å²) in [5.41, 5.74) is 1.35. The number of ether oxygens (including phenoxy) is 2. The van der Waals surface area contributed by atoms with E-state index in [1.54, 1.807) is 14.2 Å². The number of benzene rings is 1. The molecule has 7 nitrogen and oxygen atoms in total. The van der Waals surface area contributed by atoms with Gasteiger partial charge in [-0.05, 0) is 63.0 Å². The number of rotatable bonds is 12. The number of nitrogens with zero attached hydrogens (tertiary/aromatic N) is 3. The second kappa shape index (κ2) is 16.5. The Bertz CT molecular complexity index is 606. The van der Waals surface area contributed by atoms with E-state index < -0.39 is 0 Å². The van der Waals surface area contributed by atoms with Crippen molar-refractivity contribution in [1.82, 2.24) is 20.4 Å². The molecule has 0 aromatic heterocycles. The van der Waals surface area contributed by atoms with E-state index >= 15 is 0 Å². The average molecular weight is 548 g/mol. The minimum Gasteiger partial charge on any atom is -0.497 e. The first kappa shape index (κ1) is 27.9. The lowest BCUT2D eigenvalue weighted by molar-refractivity contribution is 0.178. The van der Waals surface area contributed by atoms with Crippen molar-refractivity contribution in [3.8, 4) is 5.75 Å². The molecule has 8 heteroatoms. The summed E-state index contributed by atoms with van der Waals surface area (Å²) in [6, 6.07) is 8.41. The van der Waals surface area contributed by atoms with Gasteiger partial charge in [0.15, 0.2) is 5.96 Å². The lowest BCUT2D eigenvalue weighted by Crippen LogP contribution is -2.44. The highest BCUT2D eigenvalue weighted by molar-refractivity contribution is 14.0. The van der Waals surface area contributed by atoms with Crippen molar-refractivity contribution in [2.24, 2.45) is 10.9 Å². The summed E-state index contributed by atoms with van der Waals surface area (Å²) in [5, 5.41) is 6.94. The molecule has 0 radical (unpaired) electrons. The first-order valence-electron chi connectivity index (χ1n) is 11.1. The van der Waals surface area contributed by atoms with Crippen LogP contribution in [0.25, 0.3) is 0 Å². The molecule has 0 amide bonds. The Balaban J connectivity index is 0.00000480. The van der Waals surface area contributed by atoms with E-state index in [-0.39, 0.29) is 24.0 Å². The van der Waals surface area contributed by atoms with E-state index in [1.807, 2.05) is 19.2 Å². The van der Waals surface area contributed by atoms with Crippen LogP contribution in [0.5, 0.6) is 5.75 Å². The topological polar surface area (TPSA) is 61.4 Å². The smallest absolute Gasteiger partial charge is 0.191 e. The summed E-state index contributed by atoms with van der Waals surface area (Å²) in [6.45, 7) is 8.06. The second-order valence-corrected chi connectivity index (χ2v) is 8.10. The Morgan fingerprint density at radius 2 is 1.84 bits per heavy atom. The van der Waals surface area contributed by atoms with Crippen molar-refractivity contribution >= 4 is 29.9 Å². The van der Waals surface area contributed by atoms with Crippen molar-refractivity contribution in [2.45, 2.75) is 25.8 Å². The van der Waals surface area contributed by atoms with E-state index in [1.165, 1.54) is 18.4 Å². The van der Waals surface area contributed by atoms with Gasteiger partial charge in [-0.15, -0.1) is 24.0 Å². The summed E-state index contributed by atoms with van der Waals surface area (Å²) in [4.78, 5) is 9.23. The molecule has 0 spiro atoms. The van der Waals surface area contributed by atoms with Gasteiger partial charge in [0.25, 0.3) is 0 Å². The third-order valence-electron chi connectivity index (χ3n) is 5.73. The van der Waals surface area contributed by atoms with Crippen molar-refractivity contribution in [3.63, 3.8) is 0 Å². The van der Waals surface area contributed by atoms with E-state index in [9.17, 15) is 0 Å². The predicted molar refractivity (Wildman–Crippen MR) is 140 cm³/mol. The molecule has 0 atom stereocenters. The number of methoxy groups -OCH3 is 2. The maximum absolute atomic E-state index is 5.24. The minimum absolute atomic E-state index is 0. The molecule has 1 aliphatic rings. The van der Waals surface area contributed by atoms with Crippen LogP contribution in [0.4, 0.5) is 0 Å². The highest BCUT2D eigenvalue weighted by Crippen LogP contribution is 2.19. The Hall–Kier alpha value is -1.10. The zero-order chi connectivity index (χ0) is 21.6. The standard InChI is InChI=1S/C23H41N5O2.HI/c1-24-23(25-12-16-27(2)13-5-17-29-3)26-18-20-10-14-28(15-11-20)19-21-6-8-22(30-4)9-7-21;/h6-9,20H,5,10-19H2,1-4H3,(H2,24,25,26);1H. The predicted octanol–water partition coefficient (Wildman–Crippen LogP) is 2.66. The number of guanidine groups is 1. The van der Waals surface area contributed by atoms with Crippen molar-refractivity contribution in [3.05, 3.63) is 29.8 Å². The summed E-state index contributed by atoms with van der Waals surface area (Å²) >= 11 is 0. The van der Waals surface area contributed by atoms with Crippen LogP contribution < -0.4 is 15.4 Å². The normalized spacial score (nSPS) is 15.6. The largest absolute Gasteiger partial charge is 0.497 e. The quantitative estimate of drug-likeness (QED) is 0.182. The van der Waals surface area contributed by atoms with Crippen molar-refractivity contribution in [1.29, 1.82) is 0 Å². The first-order chi connectivity index (χ1) is 14.6. The van der Waals surface area contributed by atoms with Gasteiger partial charge in [0.2, 0.25) is 0 Å². The average Bonchev–Trinajstić information content (AvgIpc) is 2.78. The first-order valence-corrected chi connectivity index (χ1v) is 11.1. The SMILES string of the molecule is CN=C(NCCN(C)CCCOC)NCC1CCN(Cc2ccc(OC)cc2)CC1.I. The summed E-state index contributed by atoms with van der Waals surface area (Å²) in [7, 11) is 7.45. The molecule has 1 fully saturated rings. The fourth-order valence-electron chi connectivity index (χ4n) is 3.76. The van der Waals surface area contributed by atoms with Crippen molar-refractivity contribution in [2.75, 3.05) is 74.2 Å². The minimum atomic E-state index is 0. The molecule has 2 rings (SSSR count). The molecule has 0 bridgehead atoms. The molecule has 1 aromatic rings. The molecule has 1 heterocycles. The van der Waals surface area contributed by atoms with Crippen LogP contribution in [0, 0.1) is 5.92 Å². The van der Waals surface area contributed by atoms with Crippen molar-refractivity contribution < 1.29 is 9.47 Å². The molecule has 0 aliphatic carbocycles. The number of hydrogen-bond donors (Lipinski definition) is 2. The highest BCUT2D eigenvalue weighted by Gasteiger charge is 2.19. The number of halogens is 1. The summed E-state index contributed by atoms with van der Waals surface area (Å²) in [5.74, 6) is 2.52. The number of hydrogen-bond acceptors (Lipinski definition) is 5. The van der Waals surface area contributed by atoms with E-state index in [4.69, 9.17) is 9.47 Å². The third-order valence-corrected chi connectivity index (χ3v) is 5.73. The summed E-state index contributed by atoms with van der Waals surface area (Å²) in [6.07, 6.45) is 3.52. The van der Waals surface area contributed by atoms with E-state index in [2.05, 4.69) is 44.6 Å². The van der Waals surface area contributed by atoms with Crippen LogP contribution in [-0.2, 0) is 11.3 Å². The van der Waals surface area contributed by atoms with Gasteiger partial charge in [-0.2, -0.15) is 0 Å². The molecule has 2 N–H and O–H groups in total. The molecular formula is C23H42IN5O2. The van der Waals surface area contributed by atoms with Gasteiger partial charge in [0, 0.05) is 53.5 Å². The van der Waals surface area contributed by atoms with Gasteiger partial charge in [0.1, 0.15) is 5.75 Å². The monoisotopic (exact) mass is 547 g/mol. The molecule has 1 aromatic carbocycles. The Morgan fingerprint density at radius 3 is 2.45 bits per heavy atom. The number of aliphatic imine (C=N–C) groups is 1. The van der Waals surface area contributed by atoms with Gasteiger partial charge in [-0.1, -0.05) is 12.1 Å².